The van der Waals surface area contributed by atoms with Gasteiger partial charge in [-0.1, -0.05) is 0 Å². The van der Waals surface area contributed by atoms with Crippen molar-refractivity contribution in [3.63, 3.8) is 0 Å². The van der Waals surface area contributed by atoms with Crippen molar-refractivity contribution in [3.8, 4) is 0 Å². The number of nitrogens with one attached hydrogen (secondary N) is 3. The van der Waals surface area contributed by atoms with Gasteiger partial charge in [0.05, 0.1) is 12.7 Å². The zero-order chi connectivity index (χ0) is 16.1. The van der Waals surface area contributed by atoms with E-state index >= 15 is 0 Å². The Kier molecular flexibility index (Phi) is 5.13. The Bertz CT molecular complexity index is 543. The Morgan fingerprint density at radius 2 is 2.30 bits per heavy atom. The number of ether oxygens (including phenoxy) is 1. The third-order valence-electron chi connectivity index (χ3n) is 4.82. The van der Waals surface area contributed by atoms with E-state index in [0.717, 1.165) is 38.5 Å². The fourth-order valence-corrected chi connectivity index (χ4v) is 3.48. The molecule has 3 rings (SSSR count). The molecule has 0 radical (unpaired) electrons. The quantitative estimate of drug-likeness (QED) is 0.765. The van der Waals surface area contributed by atoms with Gasteiger partial charge in [0, 0.05) is 24.8 Å². The van der Waals surface area contributed by atoms with Gasteiger partial charge in [0.25, 0.3) is 5.91 Å². The molecule has 3 N–H and O–H groups in total. The molecular weight excluding hydrogens is 292 g/mol. The molecule has 1 aromatic heterocycles. The maximum absolute atomic E-state index is 11.9. The van der Waals surface area contributed by atoms with E-state index in [4.69, 9.17) is 4.74 Å². The first kappa shape index (κ1) is 16.2. The molecule has 0 aliphatic carbocycles. The molecule has 1 spiro atoms. The van der Waals surface area contributed by atoms with Crippen LogP contribution in [0.2, 0.25) is 0 Å². The highest BCUT2D eigenvalue weighted by Crippen LogP contribution is 2.40. The SMILES string of the molecule is CCNC(=O)c1ccnc(NCC2CC3(CCNCC3)CO2)c1. The number of piperidine rings is 1. The van der Waals surface area contributed by atoms with E-state index in [1.54, 1.807) is 18.3 Å². The largest absolute Gasteiger partial charge is 0.376 e. The van der Waals surface area contributed by atoms with Crippen LogP contribution in [0.5, 0.6) is 0 Å². The van der Waals surface area contributed by atoms with Gasteiger partial charge in [0.15, 0.2) is 0 Å². The van der Waals surface area contributed by atoms with Crippen LogP contribution in [0.4, 0.5) is 5.82 Å². The number of amides is 1. The van der Waals surface area contributed by atoms with Crippen LogP contribution >= 0.6 is 0 Å². The molecule has 2 aliphatic heterocycles. The zero-order valence-electron chi connectivity index (χ0n) is 13.7. The predicted octanol–water partition coefficient (Wildman–Crippen LogP) is 1.40. The number of rotatable bonds is 5. The second kappa shape index (κ2) is 7.27. The Morgan fingerprint density at radius 1 is 1.48 bits per heavy atom. The molecule has 2 aliphatic rings. The molecule has 0 bridgehead atoms. The summed E-state index contributed by atoms with van der Waals surface area (Å²) in [5.41, 5.74) is 1.000. The van der Waals surface area contributed by atoms with E-state index in [2.05, 4.69) is 20.9 Å². The summed E-state index contributed by atoms with van der Waals surface area (Å²) in [4.78, 5) is 16.2. The number of hydrogen-bond acceptors (Lipinski definition) is 5. The van der Waals surface area contributed by atoms with Gasteiger partial charge in [-0.05, 0) is 56.8 Å². The van der Waals surface area contributed by atoms with Gasteiger partial charge in [0.2, 0.25) is 0 Å². The molecule has 2 fully saturated rings. The average molecular weight is 318 g/mol. The van der Waals surface area contributed by atoms with Crippen molar-refractivity contribution in [1.29, 1.82) is 0 Å². The molecule has 1 amide bonds. The van der Waals surface area contributed by atoms with Crippen molar-refractivity contribution in [3.05, 3.63) is 23.9 Å². The predicted molar refractivity (Wildman–Crippen MR) is 89.6 cm³/mol. The lowest BCUT2D eigenvalue weighted by Crippen LogP contribution is -2.37. The number of pyridine rings is 1. The minimum absolute atomic E-state index is 0.0660. The third kappa shape index (κ3) is 4.00. The van der Waals surface area contributed by atoms with Crippen molar-refractivity contribution in [2.75, 3.05) is 38.1 Å². The zero-order valence-corrected chi connectivity index (χ0v) is 13.7. The number of carbonyl (C=O) groups excluding carboxylic acids is 1. The third-order valence-corrected chi connectivity index (χ3v) is 4.82. The van der Waals surface area contributed by atoms with Gasteiger partial charge in [-0.25, -0.2) is 4.98 Å². The van der Waals surface area contributed by atoms with Gasteiger partial charge in [0.1, 0.15) is 5.82 Å². The van der Waals surface area contributed by atoms with Crippen LogP contribution in [0.1, 0.15) is 36.5 Å². The highest BCUT2D eigenvalue weighted by molar-refractivity contribution is 5.94. The summed E-state index contributed by atoms with van der Waals surface area (Å²) in [6.45, 7) is 6.33. The fraction of sp³-hybridized carbons (Fsp3) is 0.647. The van der Waals surface area contributed by atoms with Crippen LogP contribution in [-0.2, 0) is 4.74 Å². The lowest BCUT2D eigenvalue weighted by Gasteiger charge is -2.32. The second-order valence-corrected chi connectivity index (χ2v) is 6.56. The number of nitrogens with zero attached hydrogens (tertiary/aromatic N) is 1. The number of anilines is 1. The monoisotopic (exact) mass is 318 g/mol. The van der Waals surface area contributed by atoms with E-state index in [1.165, 1.54) is 12.8 Å². The molecule has 1 aromatic rings. The van der Waals surface area contributed by atoms with Crippen molar-refractivity contribution < 1.29 is 9.53 Å². The summed E-state index contributed by atoms with van der Waals surface area (Å²) < 4.78 is 5.99. The van der Waals surface area contributed by atoms with E-state index in [9.17, 15) is 4.79 Å². The van der Waals surface area contributed by atoms with E-state index in [0.29, 0.717) is 17.5 Å². The van der Waals surface area contributed by atoms with Gasteiger partial charge >= 0.3 is 0 Å². The van der Waals surface area contributed by atoms with E-state index in [1.807, 2.05) is 6.92 Å². The summed E-state index contributed by atoms with van der Waals surface area (Å²) in [7, 11) is 0. The Morgan fingerprint density at radius 3 is 3.09 bits per heavy atom. The Labute approximate surface area is 137 Å². The topological polar surface area (TPSA) is 75.3 Å². The van der Waals surface area contributed by atoms with Crippen molar-refractivity contribution in [1.82, 2.24) is 15.6 Å². The van der Waals surface area contributed by atoms with Crippen LogP contribution in [-0.4, -0.2) is 49.8 Å². The molecule has 3 heterocycles. The van der Waals surface area contributed by atoms with Gasteiger partial charge in [-0.15, -0.1) is 0 Å². The highest BCUT2D eigenvalue weighted by atomic mass is 16.5. The molecule has 1 atom stereocenters. The molecular formula is C17H26N4O2. The molecule has 6 nitrogen and oxygen atoms in total. The first-order chi connectivity index (χ1) is 11.2. The van der Waals surface area contributed by atoms with Crippen LogP contribution in [0.25, 0.3) is 0 Å². The molecule has 1 unspecified atom stereocenters. The van der Waals surface area contributed by atoms with Gasteiger partial charge < -0.3 is 20.7 Å². The normalized spacial score (nSPS) is 22.9. The lowest BCUT2D eigenvalue weighted by molar-refractivity contribution is 0.0924. The van der Waals surface area contributed by atoms with Crippen LogP contribution in [0.3, 0.4) is 0 Å². The van der Waals surface area contributed by atoms with Crippen LogP contribution < -0.4 is 16.0 Å². The molecule has 0 saturated carbocycles. The summed E-state index contributed by atoms with van der Waals surface area (Å²) in [5, 5.41) is 9.53. The number of aromatic nitrogens is 1. The maximum Gasteiger partial charge on any atom is 0.251 e. The summed E-state index contributed by atoms with van der Waals surface area (Å²) >= 11 is 0. The standard InChI is InChI=1S/C17H26N4O2/c1-2-19-16(22)13-3-6-20-15(9-13)21-11-14-10-17(12-23-14)4-7-18-8-5-17/h3,6,9,14,18H,2,4-5,7-8,10-12H2,1H3,(H,19,22)(H,20,21). The molecule has 6 heteroatoms. The first-order valence-electron chi connectivity index (χ1n) is 8.51. The molecule has 126 valence electrons. The summed E-state index contributed by atoms with van der Waals surface area (Å²) in [6, 6.07) is 3.52. The second-order valence-electron chi connectivity index (χ2n) is 6.56. The van der Waals surface area contributed by atoms with Crippen molar-refractivity contribution in [2.45, 2.75) is 32.3 Å². The Balaban J connectivity index is 1.53. The molecule has 23 heavy (non-hydrogen) atoms. The Hall–Kier alpha value is -1.66. The lowest BCUT2D eigenvalue weighted by atomic mass is 9.77. The number of hydrogen-bond donors (Lipinski definition) is 3. The smallest absolute Gasteiger partial charge is 0.251 e. The average Bonchev–Trinajstić information content (AvgIpc) is 2.97. The molecule has 2 saturated heterocycles. The molecule has 0 aromatic carbocycles. The van der Waals surface area contributed by atoms with E-state index in [-0.39, 0.29) is 12.0 Å². The van der Waals surface area contributed by atoms with Crippen molar-refractivity contribution in [2.24, 2.45) is 5.41 Å². The van der Waals surface area contributed by atoms with Crippen molar-refractivity contribution >= 4 is 11.7 Å². The first-order valence-corrected chi connectivity index (χ1v) is 8.51. The van der Waals surface area contributed by atoms with Gasteiger partial charge in [-0.3, -0.25) is 4.79 Å². The minimum atomic E-state index is -0.0660. The van der Waals surface area contributed by atoms with E-state index < -0.39 is 0 Å². The highest BCUT2D eigenvalue weighted by Gasteiger charge is 2.40. The van der Waals surface area contributed by atoms with Crippen LogP contribution in [0, 0.1) is 5.41 Å². The fourth-order valence-electron chi connectivity index (χ4n) is 3.48. The number of carbonyl (C=O) groups is 1. The maximum atomic E-state index is 11.9. The van der Waals surface area contributed by atoms with Gasteiger partial charge in [-0.2, -0.15) is 0 Å². The minimum Gasteiger partial charge on any atom is -0.376 e. The van der Waals surface area contributed by atoms with Crippen LogP contribution in [0.15, 0.2) is 18.3 Å². The summed E-state index contributed by atoms with van der Waals surface area (Å²) in [6.07, 6.45) is 5.40. The summed E-state index contributed by atoms with van der Waals surface area (Å²) in [5.74, 6) is 0.660.